The molecular weight excluding hydrogens is 544 g/mol. The van der Waals surface area contributed by atoms with Crippen LogP contribution in [0.5, 0.6) is 0 Å². The first-order valence-electron chi connectivity index (χ1n) is 11.8. The molecule has 2 N–H and O–H groups in total. The number of carbonyl (C=O) groups excluding carboxylic acids is 1. The summed E-state index contributed by atoms with van der Waals surface area (Å²) in [5, 5.41) is 14.2. The lowest BCUT2D eigenvalue weighted by atomic mass is 10.1. The van der Waals surface area contributed by atoms with Gasteiger partial charge in [0, 0.05) is 58.2 Å². The van der Waals surface area contributed by atoms with Crippen molar-refractivity contribution in [3.8, 4) is 0 Å². The van der Waals surface area contributed by atoms with Gasteiger partial charge in [0.25, 0.3) is 0 Å². The Bertz CT molecular complexity index is 1000. The molecule has 0 spiro atoms. The number of hydrogen-bond donors (Lipinski definition) is 2. The minimum atomic E-state index is -5.08. The summed E-state index contributed by atoms with van der Waals surface area (Å²) in [7, 11) is 4.06. The van der Waals surface area contributed by atoms with E-state index in [1.54, 1.807) is 0 Å². The highest BCUT2D eigenvalue weighted by atomic mass is 19.4. The molecular formula is C22H29F6N5O6. The summed E-state index contributed by atoms with van der Waals surface area (Å²) in [5.41, 5.74) is 2.30. The molecule has 2 fully saturated rings. The maximum Gasteiger partial charge on any atom is 0.490 e. The maximum atomic E-state index is 12.5. The number of hydrogen-bond acceptors (Lipinski definition) is 8. The summed E-state index contributed by atoms with van der Waals surface area (Å²) in [6.07, 6.45) is -6.39. The molecule has 0 aromatic carbocycles. The fraction of sp³-hybridized carbons (Fsp3) is 0.682. The van der Waals surface area contributed by atoms with E-state index in [-0.39, 0.29) is 5.92 Å². The molecule has 1 saturated carbocycles. The van der Waals surface area contributed by atoms with Crippen LogP contribution in [0.3, 0.4) is 0 Å². The molecule has 17 heteroatoms. The summed E-state index contributed by atoms with van der Waals surface area (Å²) in [6.45, 7) is 4.66. The van der Waals surface area contributed by atoms with Gasteiger partial charge in [0.05, 0.1) is 18.9 Å². The third-order valence-corrected chi connectivity index (χ3v) is 5.75. The predicted molar refractivity (Wildman–Crippen MR) is 123 cm³/mol. The largest absolute Gasteiger partial charge is 0.490 e. The van der Waals surface area contributed by atoms with Crippen LogP contribution in [0.1, 0.15) is 24.1 Å². The molecule has 4 rings (SSSR count). The van der Waals surface area contributed by atoms with Crippen LogP contribution >= 0.6 is 0 Å². The monoisotopic (exact) mass is 573 g/mol. The number of carbonyl (C=O) groups is 3. The lowest BCUT2D eigenvalue weighted by Crippen LogP contribution is -2.38. The van der Waals surface area contributed by atoms with Gasteiger partial charge in [-0.15, -0.1) is 0 Å². The SMILES string of the molecule is CN(C)c1nc(N2CCOCC2)nc2c1CCN(C(=O)C1CC1)CC2.O=C(O)C(F)(F)F.O=C(O)C(F)(F)F. The zero-order valence-electron chi connectivity index (χ0n) is 21.2. The molecule has 1 aromatic heterocycles. The molecule has 1 aromatic rings. The van der Waals surface area contributed by atoms with Crippen LogP contribution in [-0.4, -0.2) is 109 Å². The lowest BCUT2D eigenvalue weighted by molar-refractivity contribution is -0.193. The van der Waals surface area contributed by atoms with E-state index in [1.807, 2.05) is 19.0 Å². The van der Waals surface area contributed by atoms with Crippen molar-refractivity contribution in [1.82, 2.24) is 14.9 Å². The third-order valence-electron chi connectivity index (χ3n) is 5.75. The van der Waals surface area contributed by atoms with Gasteiger partial charge < -0.3 is 29.6 Å². The quantitative estimate of drug-likeness (QED) is 0.517. The van der Waals surface area contributed by atoms with Gasteiger partial charge in [0.1, 0.15) is 5.82 Å². The van der Waals surface area contributed by atoms with E-state index >= 15 is 0 Å². The molecule has 0 bridgehead atoms. The second kappa shape index (κ2) is 13.1. The van der Waals surface area contributed by atoms with E-state index in [2.05, 4.69) is 9.80 Å². The highest BCUT2D eigenvalue weighted by Crippen LogP contribution is 2.33. The van der Waals surface area contributed by atoms with E-state index in [0.717, 1.165) is 82.5 Å². The topological polar surface area (TPSA) is 136 Å². The Hall–Kier alpha value is -3.37. The van der Waals surface area contributed by atoms with Gasteiger partial charge in [-0.05, 0) is 19.3 Å². The van der Waals surface area contributed by atoms with Crippen LogP contribution in [0, 0.1) is 5.92 Å². The Labute approximate surface area is 219 Å². The van der Waals surface area contributed by atoms with Crippen molar-refractivity contribution in [2.75, 3.05) is 63.3 Å². The minimum absolute atomic E-state index is 0.282. The smallest absolute Gasteiger partial charge is 0.475 e. The molecule has 3 aliphatic rings. The van der Waals surface area contributed by atoms with Crippen LogP contribution in [0.25, 0.3) is 0 Å². The number of carboxylic acid groups (broad SMARTS) is 2. The van der Waals surface area contributed by atoms with Gasteiger partial charge in [-0.1, -0.05) is 0 Å². The number of carboxylic acids is 2. The Kier molecular flexibility index (Phi) is 10.7. The number of morpholine rings is 1. The molecule has 0 atom stereocenters. The number of halogens is 6. The maximum absolute atomic E-state index is 12.5. The number of rotatable bonds is 3. The molecule has 0 unspecified atom stereocenters. The van der Waals surface area contributed by atoms with E-state index in [9.17, 15) is 31.1 Å². The summed E-state index contributed by atoms with van der Waals surface area (Å²) >= 11 is 0. The molecule has 1 aliphatic carbocycles. The first-order chi connectivity index (χ1) is 18.0. The number of nitrogens with zero attached hydrogens (tertiary/aromatic N) is 5. The van der Waals surface area contributed by atoms with Crippen molar-refractivity contribution < 1.29 is 55.7 Å². The highest BCUT2D eigenvalue weighted by molar-refractivity contribution is 5.81. The Morgan fingerprint density at radius 2 is 1.36 bits per heavy atom. The molecule has 1 saturated heterocycles. The number of amides is 1. The van der Waals surface area contributed by atoms with Gasteiger partial charge in [0.15, 0.2) is 0 Å². The van der Waals surface area contributed by atoms with Crippen LogP contribution < -0.4 is 9.80 Å². The van der Waals surface area contributed by atoms with Gasteiger partial charge in [0.2, 0.25) is 11.9 Å². The minimum Gasteiger partial charge on any atom is -0.475 e. The summed E-state index contributed by atoms with van der Waals surface area (Å²) < 4.78 is 68.9. The summed E-state index contributed by atoms with van der Waals surface area (Å²) in [5.74, 6) is -3.11. The van der Waals surface area contributed by atoms with E-state index in [1.165, 1.54) is 5.56 Å². The number of aliphatic carboxylic acids is 2. The van der Waals surface area contributed by atoms with E-state index in [0.29, 0.717) is 5.91 Å². The van der Waals surface area contributed by atoms with Gasteiger partial charge in [-0.25, -0.2) is 14.6 Å². The average molecular weight is 573 g/mol. The van der Waals surface area contributed by atoms with Crippen molar-refractivity contribution in [3.63, 3.8) is 0 Å². The summed E-state index contributed by atoms with van der Waals surface area (Å²) in [6, 6.07) is 0. The Morgan fingerprint density at radius 3 is 1.79 bits per heavy atom. The van der Waals surface area contributed by atoms with Crippen molar-refractivity contribution in [1.29, 1.82) is 0 Å². The number of anilines is 2. The van der Waals surface area contributed by atoms with Crippen molar-refractivity contribution in [2.45, 2.75) is 38.0 Å². The molecule has 39 heavy (non-hydrogen) atoms. The molecule has 3 heterocycles. The van der Waals surface area contributed by atoms with Crippen LogP contribution in [0.4, 0.5) is 38.1 Å². The van der Waals surface area contributed by atoms with Crippen molar-refractivity contribution in [3.05, 3.63) is 11.3 Å². The van der Waals surface area contributed by atoms with Gasteiger partial charge >= 0.3 is 24.3 Å². The fourth-order valence-corrected chi connectivity index (χ4v) is 3.65. The first kappa shape index (κ1) is 31.8. The normalized spacial score (nSPS) is 17.4. The van der Waals surface area contributed by atoms with Crippen molar-refractivity contribution >= 4 is 29.6 Å². The van der Waals surface area contributed by atoms with Crippen LogP contribution in [0.15, 0.2) is 0 Å². The fourth-order valence-electron chi connectivity index (χ4n) is 3.65. The van der Waals surface area contributed by atoms with Gasteiger partial charge in [-0.2, -0.15) is 31.3 Å². The molecule has 1 amide bonds. The lowest BCUT2D eigenvalue weighted by Gasteiger charge is -2.28. The Morgan fingerprint density at radius 1 is 0.872 bits per heavy atom. The van der Waals surface area contributed by atoms with Crippen LogP contribution in [0.2, 0.25) is 0 Å². The summed E-state index contributed by atoms with van der Waals surface area (Å²) in [4.78, 5) is 46.3. The highest BCUT2D eigenvalue weighted by Gasteiger charge is 2.39. The zero-order valence-corrected chi connectivity index (χ0v) is 21.2. The third kappa shape index (κ3) is 9.71. The van der Waals surface area contributed by atoms with Gasteiger partial charge in [-0.3, -0.25) is 4.79 Å². The Balaban J connectivity index is 0.000000317. The molecule has 2 aliphatic heterocycles. The number of fused-ring (bicyclic) bond motifs is 1. The number of aromatic nitrogens is 2. The predicted octanol–water partition coefficient (Wildman–Crippen LogP) is 1.98. The standard InChI is InChI=1S/C18H27N5O2.2C2HF3O2/c1-21(2)16-14-5-7-22(17(24)13-3-4-13)8-6-15(14)19-18(20-16)23-9-11-25-12-10-23;2*3-2(4,5)1(6)7/h13H,3-12H2,1-2H3;2*(H,6,7). The van der Waals surface area contributed by atoms with E-state index < -0.39 is 24.3 Å². The molecule has 220 valence electrons. The molecule has 0 radical (unpaired) electrons. The molecule has 11 nitrogen and oxygen atoms in total. The van der Waals surface area contributed by atoms with E-state index in [4.69, 9.17) is 34.5 Å². The first-order valence-corrected chi connectivity index (χ1v) is 11.8. The second-order valence-electron chi connectivity index (χ2n) is 8.97. The second-order valence-corrected chi connectivity index (χ2v) is 8.97. The zero-order chi connectivity index (χ0) is 29.5. The average Bonchev–Trinajstić information content (AvgIpc) is 3.70. The number of ether oxygens (including phenoxy) is 1. The van der Waals surface area contributed by atoms with Crippen molar-refractivity contribution in [2.24, 2.45) is 5.92 Å². The number of alkyl halides is 6. The van der Waals surface area contributed by atoms with Crippen LogP contribution in [-0.2, 0) is 32.0 Å².